The van der Waals surface area contributed by atoms with Gasteiger partial charge in [-0.2, -0.15) is 0 Å². The highest BCUT2D eigenvalue weighted by molar-refractivity contribution is 6.29. The predicted octanol–water partition coefficient (Wildman–Crippen LogP) is 2.87. The summed E-state index contributed by atoms with van der Waals surface area (Å²) in [7, 11) is 0. The number of anilines is 1. The highest BCUT2D eigenvalue weighted by Gasteiger charge is 2.15. The Labute approximate surface area is 100.0 Å². The molecular weight excluding hydrogens is 224 g/mol. The monoisotopic (exact) mass is 238 g/mol. The van der Waals surface area contributed by atoms with Crippen LogP contribution < -0.4 is 5.32 Å². The van der Waals surface area contributed by atoms with Crippen molar-refractivity contribution in [2.45, 2.75) is 38.1 Å². The molecule has 1 aliphatic carbocycles. The molecule has 0 atom stereocenters. The van der Waals surface area contributed by atoms with Gasteiger partial charge in [0.1, 0.15) is 10.8 Å². The Bertz CT molecular complexity index is 374. The van der Waals surface area contributed by atoms with Crippen molar-refractivity contribution < 1.29 is 0 Å². The maximum atomic E-state index is 7.26. The average Bonchev–Trinajstić information content (AvgIpc) is 2.31. The lowest BCUT2D eigenvalue weighted by molar-refractivity contribution is 0.461. The Balaban J connectivity index is 2.12. The molecule has 2 N–H and O–H groups in total. The molecule has 0 saturated heterocycles. The molecule has 0 unspecified atom stereocenters. The normalized spacial score (nSPS) is 17.1. The number of nitrogens with one attached hydrogen (secondary N) is 2. The predicted molar refractivity (Wildman–Crippen MR) is 65.4 cm³/mol. The summed E-state index contributed by atoms with van der Waals surface area (Å²) in [5.74, 6) is 0.634. The molecule has 1 heterocycles. The van der Waals surface area contributed by atoms with Crippen LogP contribution in [0.4, 0.5) is 5.82 Å². The van der Waals surface area contributed by atoms with Crippen LogP contribution in [-0.4, -0.2) is 22.2 Å². The first-order valence-electron chi connectivity index (χ1n) is 5.59. The van der Waals surface area contributed by atoms with Gasteiger partial charge in [-0.25, -0.2) is 9.97 Å². The van der Waals surface area contributed by atoms with Crippen molar-refractivity contribution in [2.24, 2.45) is 0 Å². The SMILES string of the molecule is N=Cc1ncc(Cl)nc1NC1CCCCC1. The van der Waals surface area contributed by atoms with E-state index in [1.54, 1.807) is 0 Å². The zero-order chi connectivity index (χ0) is 11.4. The molecule has 0 aromatic carbocycles. The molecule has 1 aromatic heterocycles. The van der Waals surface area contributed by atoms with E-state index in [0.29, 0.717) is 22.7 Å². The first kappa shape index (κ1) is 11.3. The lowest BCUT2D eigenvalue weighted by atomic mass is 9.95. The van der Waals surface area contributed by atoms with E-state index >= 15 is 0 Å². The van der Waals surface area contributed by atoms with Gasteiger partial charge in [0.2, 0.25) is 0 Å². The first-order chi connectivity index (χ1) is 7.79. The van der Waals surface area contributed by atoms with Gasteiger partial charge in [-0.1, -0.05) is 30.9 Å². The van der Waals surface area contributed by atoms with E-state index in [4.69, 9.17) is 17.0 Å². The summed E-state index contributed by atoms with van der Waals surface area (Å²) in [6.07, 6.45) is 8.81. The number of hydrogen-bond acceptors (Lipinski definition) is 4. The third-order valence-electron chi connectivity index (χ3n) is 2.85. The van der Waals surface area contributed by atoms with E-state index in [-0.39, 0.29) is 0 Å². The quantitative estimate of drug-likeness (QED) is 0.796. The van der Waals surface area contributed by atoms with Crippen LogP contribution in [0.2, 0.25) is 5.15 Å². The first-order valence-corrected chi connectivity index (χ1v) is 5.97. The summed E-state index contributed by atoms with van der Waals surface area (Å²) in [5, 5.41) is 11.0. The van der Waals surface area contributed by atoms with E-state index in [2.05, 4.69) is 15.3 Å². The van der Waals surface area contributed by atoms with Crippen molar-refractivity contribution in [1.82, 2.24) is 9.97 Å². The van der Waals surface area contributed by atoms with E-state index in [1.807, 2.05) is 0 Å². The lowest BCUT2D eigenvalue weighted by Crippen LogP contribution is -2.23. The molecule has 1 saturated carbocycles. The Kier molecular flexibility index (Phi) is 3.72. The molecular formula is C11H15ClN4. The van der Waals surface area contributed by atoms with Crippen molar-refractivity contribution in [3.8, 4) is 0 Å². The van der Waals surface area contributed by atoms with Crippen LogP contribution in [0, 0.1) is 5.41 Å². The van der Waals surface area contributed by atoms with Crippen LogP contribution in [0.15, 0.2) is 6.20 Å². The summed E-state index contributed by atoms with van der Waals surface area (Å²) >= 11 is 5.80. The molecule has 0 aliphatic heterocycles. The minimum Gasteiger partial charge on any atom is -0.365 e. The molecule has 1 aromatic rings. The molecule has 0 amide bonds. The molecule has 86 valence electrons. The Hall–Kier alpha value is -1.16. The van der Waals surface area contributed by atoms with Crippen LogP contribution >= 0.6 is 11.6 Å². The van der Waals surface area contributed by atoms with Gasteiger partial charge in [0.15, 0.2) is 5.82 Å². The fourth-order valence-electron chi connectivity index (χ4n) is 2.03. The summed E-state index contributed by atoms with van der Waals surface area (Å²) in [5.41, 5.74) is 0.551. The summed E-state index contributed by atoms with van der Waals surface area (Å²) in [6, 6.07) is 0.445. The molecule has 5 heteroatoms. The van der Waals surface area contributed by atoms with Gasteiger partial charge in [0.25, 0.3) is 0 Å². The molecule has 1 fully saturated rings. The average molecular weight is 239 g/mol. The fourth-order valence-corrected chi connectivity index (χ4v) is 2.16. The number of aromatic nitrogens is 2. The topological polar surface area (TPSA) is 61.7 Å². The zero-order valence-electron chi connectivity index (χ0n) is 9.04. The van der Waals surface area contributed by atoms with E-state index in [1.165, 1.54) is 31.7 Å². The van der Waals surface area contributed by atoms with Gasteiger partial charge >= 0.3 is 0 Å². The molecule has 2 rings (SSSR count). The second kappa shape index (κ2) is 5.25. The number of hydrogen-bond donors (Lipinski definition) is 2. The molecule has 1 aliphatic rings. The van der Waals surface area contributed by atoms with Gasteiger partial charge in [-0.15, -0.1) is 0 Å². The Morgan fingerprint density at radius 2 is 2.12 bits per heavy atom. The molecule has 0 spiro atoms. The van der Waals surface area contributed by atoms with E-state index in [0.717, 1.165) is 12.8 Å². The van der Waals surface area contributed by atoms with Crippen molar-refractivity contribution in [3.05, 3.63) is 17.0 Å². The standard InChI is InChI=1S/C11H15ClN4/c12-10-7-14-9(6-13)11(16-10)15-8-4-2-1-3-5-8/h6-8,13H,1-5H2,(H,15,16). The third kappa shape index (κ3) is 2.70. The van der Waals surface area contributed by atoms with E-state index < -0.39 is 0 Å². The maximum Gasteiger partial charge on any atom is 0.155 e. The second-order valence-electron chi connectivity index (χ2n) is 4.05. The van der Waals surface area contributed by atoms with Crippen molar-refractivity contribution >= 4 is 23.6 Å². The van der Waals surface area contributed by atoms with Crippen LogP contribution in [-0.2, 0) is 0 Å². The van der Waals surface area contributed by atoms with Gasteiger partial charge in [-0.3, -0.25) is 0 Å². The lowest BCUT2D eigenvalue weighted by Gasteiger charge is -2.23. The van der Waals surface area contributed by atoms with E-state index in [9.17, 15) is 0 Å². The molecule has 16 heavy (non-hydrogen) atoms. The van der Waals surface area contributed by atoms with Crippen LogP contribution in [0.3, 0.4) is 0 Å². The van der Waals surface area contributed by atoms with Gasteiger partial charge in [0, 0.05) is 12.3 Å². The Morgan fingerprint density at radius 3 is 2.81 bits per heavy atom. The molecule has 0 radical (unpaired) electrons. The minimum absolute atomic E-state index is 0.365. The summed E-state index contributed by atoms with van der Waals surface area (Å²) in [4.78, 5) is 8.24. The summed E-state index contributed by atoms with van der Waals surface area (Å²) < 4.78 is 0. The van der Waals surface area contributed by atoms with Crippen LogP contribution in [0.5, 0.6) is 0 Å². The van der Waals surface area contributed by atoms with Crippen molar-refractivity contribution in [1.29, 1.82) is 5.41 Å². The fraction of sp³-hybridized carbons (Fsp3) is 0.545. The zero-order valence-corrected chi connectivity index (χ0v) is 9.80. The second-order valence-corrected chi connectivity index (χ2v) is 4.44. The smallest absolute Gasteiger partial charge is 0.155 e. The highest BCUT2D eigenvalue weighted by Crippen LogP contribution is 2.22. The highest BCUT2D eigenvalue weighted by atomic mass is 35.5. The largest absolute Gasteiger partial charge is 0.365 e. The van der Waals surface area contributed by atoms with Crippen molar-refractivity contribution in [2.75, 3.05) is 5.32 Å². The number of nitrogens with zero attached hydrogens (tertiary/aromatic N) is 2. The molecule has 4 nitrogen and oxygen atoms in total. The number of halogens is 1. The molecule has 0 bridgehead atoms. The van der Waals surface area contributed by atoms with Gasteiger partial charge < -0.3 is 10.7 Å². The van der Waals surface area contributed by atoms with Crippen LogP contribution in [0.1, 0.15) is 37.8 Å². The maximum absolute atomic E-state index is 7.26. The van der Waals surface area contributed by atoms with Crippen molar-refractivity contribution in [3.63, 3.8) is 0 Å². The third-order valence-corrected chi connectivity index (χ3v) is 3.04. The van der Waals surface area contributed by atoms with Gasteiger partial charge in [0.05, 0.1) is 6.20 Å². The Morgan fingerprint density at radius 1 is 1.38 bits per heavy atom. The van der Waals surface area contributed by atoms with Gasteiger partial charge in [-0.05, 0) is 12.8 Å². The summed E-state index contributed by atoms with van der Waals surface area (Å²) in [6.45, 7) is 0. The minimum atomic E-state index is 0.365. The number of rotatable bonds is 3. The van der Waals surface area contributed by atoms with Crippen LogP contribution in [0.25, 0.3) is 0 Å².